The summed E-state index contributed by atoms with van der Waals surface area (Å²) in [7, 11) is 1.75. The van der Waals surface area contributed by atoms with Gasteiger partial charge in [-0.15, -0.1) is 0 Å². The van der Waals surface area contributed by atoms with Crippen molar-refractivity contribution in [2.24, 2.45) is 0 Å². The number of hydrogen-bond acceptors (Lipinski definition) is 5. The van der Waals surface area contributed by atoms with Crippen LogP contribution in [0.15, 0.2) is 30.7 Å². The molecule has 2 aromatic rings. The van der Waals surface area contributed by atoms with Crippen LogP contribution in [0.1, 0.15) is 16.2 Å². The molecule has 0 atom stereocenters. The molecular formula is C12H12N4O2. The normalized spacial score (nSPS) is 10.1. The molecule has 0 unspecified atom stereocenters. The Morgan fingerprint density at radius 1 is 1.33 bits per heavy atom. The largest absolute Gasteiger partial charge is 0.477 e. The van der Waals surface area contributed by atoms with Crippen LogP contribution in [0.25, 0.3) is 0 Å². The number of pyridine rings is 1. The van der Waals surface area contributed by atoms with Gasteiger partial charge in [0.1, 0.15) is 11.4 Å². The van der Waals surface area contributed by atoms with Crippen molar-refractivity contribution in [3.63, 3.8) is 0 Å². The molecule has 0 aromatic carbocycles. The number of aryl methyl sites for hydroxylation is 1. The molecule has 2 rings (SSSR count). The summed E-state index contributed by atoms with van der Waals surface area (Å²) in [6.07, 6.45) is 4.60. The van der Waals surface area contributed by atoms with Gasteiger partial charge in [-0.3, -0.25) is 4.98 Å². The van der Waals surface area contributed by atoms with E-state index in [9.17, 15) is 4.79 Å². The molecule has 1 N–H and O–H groups in total. The van der Waals surface area contributed by atoms with E-state index in [0.29, 0.717) is 11.6 Å². The molecule has 92 valence electrons. The lowest BCUT2D eigenvalue weighted by atomic mass is 10.2. The second-order valence-electron chi connectivity index (χ2n) is 3.72. The van der Waals surface area contributed by atoms with E-state index < -0.39 is 5.97 Å². The molecular weight excluding hydrogens is 232 g/mol. The number of rotatable bonds is 3. The van der Waals surface area contributed by atoms with Gasteiger partial charge < -0.3 is 10.0 Å². The molecule has 2 aromatic heterocycles. The van der Waals surface area contributed by atoms with Crippen molar-refractivity contribution in [2.45, 2.75) is 6.92 Å². The van der Waals surface area contributed by atoms with E-state index in [-0.39, 0.29) is 5.56 Å². The van der Waals surface area contributed by atoms with E-state index in [1.54, 1.807) is 43.4 Å². The summed E-state index contributed by atoms with van der Waals surface area (Å²) in [4.78, 5) is 24.9. The summed E-state index contributed by atoms with van der Waals surface area (Å²) in [6.45, 7) is 1.72. The first kappa shape index (κ1) is 12.0. The van der Waals surface area contributed by atoms with Gasteiger partial charge in [0, 0.05) is 31.3 Å². The van der Waals surface area contributed by atoms with Crippen molar-refractivity contribution < 1.29 is 9.90 Å². The van der Waals surface area contributed by atoms with E-state index in [2.05, 4.69) is 15.0 Å². The van der Waals surface area contributed by atoms with Crippen LogP contribution in [0, 0.1) is 6.92 Å². The molecule has 0 aliphatic heterocycles. The molecule has 2 heterocycles. The summed E-state index contributed by atoms with van der Waals surface area (Å²) in [5, 5.41) is 9.13. The third-order valence-corrected chi connectivity index (χ3v) is 2.49. The van der Waals surface area contributed by atoms with Gasteiger partial charge in [0.25, 0.3) is 0 Å². The first-order valence-corrected chi connectivity index (χ1v) is 5.30. The molecule has 0 aliphatic carbocycles. The van der Waals surface area contributed by atoms with E-state index >= 15 is 0 Å². The van der Waals surface area contributed by atoms with Gasteiger partial charge in [0.2, 0.25) is 0 Å². The van der Waals surface area contributed by atoms with Crippen molar-refractivity contribution in [2.75, 3.05) is 11.9 Å². The molecule has 0 fully saturated rings. The molecule has 0 aliphatic rings. The van der Waals surface area contributed by atoms with Crippen LogP contribution in [-0.2, 0) is 0 Å². The molecule has 0 bridgehead atoms. The number of anilines is 2. The average Bonchev–Trinajstić information content (AvgIpc) is 2.38. The predicted molar refractivity (Wildman–Crippen MR) is 66.0 cm³/mol. The van der Waals surface area contributed by atoms with Crippen LogP contribution in [0.5, 0.6) is 0 Å². The number of carboxylic acid groups (broad SMARTS) is 1. The molecule has 6 heteroatoms. The third-order valence-electron chi connectivity index (χ3n) is 2.49. The fourth-order valence-corrected chi connectivity index (χ4v) is 1.55. The number of carbonyl (C=O) groups is 1. The van der Waals surface area contributed by atoms with Gasteiger partial charge >= 0.3 is 5.97 Å². The number of carboxylic acids is 1. The Hall–Kier alpha value is -2.50. The zero-order chi connectivity index (χ0) is 13.1. The molecule has 0 radical (unpaired) electrons. The van der Waals surface area contributed by atoms with Crippen LogP contribution in [0.2, 0.25) is 0 Å². The summed E-state index contributed by atoms with van der Waals surface area (Å²) in [5.41, 5.74) is 0.880. The van der Waals surface area contributed by atoms with Crippen LogP contribution in [-0.4, -0.2) is 33.1 Å². The SMILES string of the molecule is Cc1ncc(C(=O)O)c(N(C)c2ccncc2)n1. The maximum Gasteiger partial charge on any atom is 0.341 e. The Labute approximate surface area is 104 Å². The van der Waals surface area contributed by atoms with Crippen LogP contribution < -0.4 is 4.90 Å². The lowest BCUT2D eigenvalue weighted by Crippen LogP contribution is -2.17. The van der Waals surface area contributed by atoms with Gasteiger partial charge in [-0.1, -0.05) is 0 Å². The van der Waals surface area contributed by atoms with Crippen molar-refractivity contribution in [1.29, 1.82) is 0 Å². The first-order chi connectivity index (χ1) is 8.59. The molecule has 0 spiro atoms. The lowest BCUT2D eigenvalue weighted by Gasteiger charge is -2.19. The zero-order valence-corrected chi connectivity index (χ0v) is 10.0. The topological polar surface area (TPSA) is 79.2 Å². The number of hydrogen-bond donors (Lipinski definition) is 1. The first-order valence-electron chi connectivity index (χ1n) is 5.30. The minimum Gasteiger partial charge on any atom is -0.477 e. The Kier molecular flexibility index (Phi) is 3.18. The summed E-state index contributed by atoms with van der Waals surface area (Å²) >= 11 is 0. The number of aromatic carboxylic acids is 1. The summed E-state index contributed by atoms with van der Waals surface area (Å²) in [5.74, 6) is -0.164. The minimum atomic E-state index is -1.05. The quantitative estimate of drug-likeness (QED) is 0.884. The van der Waals surface area contributed by atoms with Crippen LogP contribution >= 0.6 is 0 Å². The highest BCUT2D eigenvalue weighted by molar-refractivity contribution is 5.93. The summed E-state index contributed by atoms with van der Waals surface area (Å²) < 4.78 is 0. The fourth-order valence-electron chi connectivity index (χ4n) is 1.55. The number of aromatic nitrogens is 3. The highest BCUT2D eigenvalue weighted by Gasteiger charge is 2.17. The van der Waals surface area contributed by atoms with Crippen LogP contribution in [0.3, 0.4) is 0 Å². The van der Waals surface area contributed by atoms with Crippen LogP contribution in [0.4, 0.5) is 11.5 Å². The predicted octanol–water partition coefficient (Wildman–Crippen LogP) is 1.65. The average molecular weight is 244 g/mol. The maximum atomic E-state index is 11.1. The maximum absolute atomic E-state index is 11.1. The van der Waals surface area contributed by atoms with Crippen molar-refractivity contribution in [1.82, 2.24) is 15.0 Å². The molecule has 18 heavy (non-hydrogen) atoms. The highest BCUT2D eigenvalue weighted by Crippen LogP contribution is 2.24. The minimum absolute atomic E-state index is 0.0694. The van der Waals surface area contributed by atoms with E-state index in [1.165, 1.54) is 6.20 Å². The van der Waals surface area contributed by atoms with E-state index in [1.807, 2.05) is 0 Å². The van der Waals surface area contributed by atoms with Gasteiger partial charge in [-0.2, -0.15) is 0 Å². The monoisotopic (exact) mass is 244 g/mol. The fraction of sp³-hybridized carbons (Fsp3) is 0.167. The second kappa shape index (κ2) is 4.79. The van der Waals surface area contributed by atoms with Gasteiger partial charge in [-0.05, 0) is 19.1 Å². The van der Waals surface area contributed by atoms with Gasteiger partial charge in [-0.25, -0.2) is 14.8 Å². The standard InChI is InChI=1S/C12H12N4O2/c1-8-14-7-10(12(17)18)11(15-8)16(2)9-3-5-13-6-4-9/h3-7H,1-2H3,(H,17,18). The highest BCUT2D eigenvalue weighted by atomic mass is 16.4. The second-order valence-corrected chi connectivity index (χ2v) is 3.72. The van der Waals surface area contributed by atoms with Crippen molar-refractivity contribution >= 4 is 17.5 Å². The Bertz CT molecular complexity index is 572. The molecule has 0 saturated carbocycles. The number of nitrogens with zero attached hydrogens (tertiary/aromatic N) is 4. The van der Waals surface area contributed by atoms with Gasteiger partial charge in [0.15, 0.2) is 5.82 Å². The summed E-state index contributed by atoms with van der Waals surface area (Å²) in [6, 6.07) is 3.56. The molecule has 0 saturated heterocycles. The zero-order valence-electron chi connectivity index (χ0n) is 10.0. The smallest absolute Gasteiger partial charge is 0.341 e. The Morgan fingerprint density at radius 2 is 2.00 bits per heavy atom. The van der Waals surface area contributed by atoms with Crippen molar-refractivity contribution in [3.05, 3.63) is 42.1 Å². The third kappa shape index (κ3) is 2.27. The van der Waals surface area contributed by atoms with E-state index in [0.717, 1.165) is 5.69 Å². The lowest BCUT2D eigenvalue weighted by molar-refractivity contribution is 0.0697. The molecule has 0 amide bonds. The van der Waals surface area contributed by atoms with E-state index in [4.69, 9.17) is 5.11 Å². The van der Waals surface area contributed by atoms with Gasteiger partial charge in [0.05, 0.1) is 0 Å². The van der Waals surface area contributed by atoms with Crippen molar-refractivity contribution in [3.8, 4) is 0 Å². The Morgan fingerprint density at radius 3 is 2.61 bits per heavy atom. The molecule has 6 nitrogen and oxygen atoms in total. The Balaban J connectivity index is 2.50.